The molecular weight excluding hydrogens is 689 g/mol. The van der Waals surface area contributed by atoms with Crippen LogP contribution in [0.3, 0.4) is 0 Å². The van der Waals surface area contributed by atoms with E-state index in [1.807, 2.05) is 27.2 Å². The number of nitrogens with zero attached hydrogens (tertiary/aromatic N) is 1. The van der Waals surface area contributed by atoms with E-state index >= 15 is 0 Å². The molecule has 0 fully saturated rings. The highest BCUT2D eigenvalue weighted by atomic mass is 31.2. The molecule has 0 aliphatic heterocycles. The lowest BCUT2D eigenvalue weighted by molar-refractivity contribution is -0.870. The van der Waals surface area contributed by atoms with Gasteiger partial charge in [0.1, 0.15) is 19.8 Å². The van der Waals surface area contributed by atoms with E-state index in [4.69, 9.17) is 18.5 Å². The second-order valence-electron chi connectivity index (χ2n) is 15.0. The van der Waals surface area contributed by atoms with Crippen LogP contribution in [-0.2, 0) is 32.7 Å². The zero-order chi connectivity index (χ0) is 39.3. The summed E-state index contributed by atoms with van der Waals surface area (Å²) in [5.74, 6) is -0.902. The zero-order valence-corrected chi connectivity index (χ0v) is 35.3. The van der Waals surface area contributed by atoms with Crippen molar-refractivity contribution < 1.29 is 42.1 Å². The van der Waals surface area contributed by atoms with Crippen LogP contribution in [0, 0.1) is 0 Å². The second-order valence-corrected chi connectivity index (χ2v) is 16.4. The minimum absolute atomic E-state index is 0.0414. The Morgan fingerprint density at radius 3 is 1.57 bits per heavy atom. The van der Waals surface area contributed by atoms with Crippen LogP contribution in [0.5, 0.6) is 0 Å². The number of rotatable bonds is 37. The molecule has 53 heavy (non-hydrogen) atoms. The fourth-order valence-electron chi connectivity index (χ4n) is 5.29. The maximum atomic E-state index is 12.6. The number of allylic oxidation sites excluding steroid dienone is 8. The number of likely N-dealkylation sites (N-methyl/N-ethyl adjacent to an activating group) is 1. The van der Waals surface area contributed by atoms with Crippen molar-refractivity contribution in [2.24, 2.45) is 0 Å². The predicted octanol–water partition coefficient (Wildman–Crippen LogP) is 10.9. The maximum Gasteiger partial charge on any atom is 0.306 e. The van der Waals surface area contributed by atoms with Crippen molar-refractivity contribution in [3.05, 3.63) is 48.6 Å². The lowest BCUT2D eigenvalue weighted by atomic mass is 10.0. The summed E-state index contributed by atoms with van der Waals surface area (Å²) in [6.45, 7) is 4.12. The molecule has 0 radical (unpaired) electrons. The van der Waals surface area contributed by atoms with E-state index < -0.39 is 32.5 Å². The van der Waals surface area contributed by atoms with Gasteiger partial charge in [0.25, 0.3) is 7.82 Å². The molecule has 0 saturated heterocycles. The van der Waals surface area contributed by atoms with Crippen LogP contribution in [-0.4, -0.2) is 70.0 Å². The van der Waals surface area contributed by atoms with Gasteiger partial charge >= 0.3 is 11.9 Å². The Bertz CT molecular complexity index is 1050. The molecule has 0 aromatic rings. The second kappa shape index (κ2) is 35.7. The van der Waals surface area contributed by atoms with Crippen molar-refractivity contribution in [3.63, 3.8) is 0 Å². The number of hydrogen-bond acceptors (Lipinski definition) is 8. The average molecular weight is 768 g/mol. The van der Waals surface area contributed by atoms with Crippen molar-refractivity contribution in [1.29, 1.82) is 0 Å². The highest BCUT2D eigenvalue weighted by Crippen LogP contribution is 2.38. The molecule has 2 atom stereocenters. The largest absolute Gasteiger partial charge is 0.756 e. The number of esters is 2. The third-order valence-electron chi connectivity index (χ3n) is 8.60. The van der Waals surface area contributed by atoms with Crippen molar-refractivity contribution in [3.8, 4) is 0 Å². The standard InChI is InChI=1S/C43H78NO8P/c1-6-8-10-12-14-16-18-20-21-22-23-24-26-28-30-32-34-36-43(46)52-41(40-51-53(47,48)50-38-37-44(3,4)5)39-49-42(45)35-33-31-29-27-25-19-17-15-13-11-9-7-2/h14,16,20-21,23-24,28,30,41H,6-13,15,17-19,22,25-27,29,31-40H2,1-5H3/b16-14-,21-20-,24-23-,30-28-. The van der Waals surface area contributed by atoms with Gasteiger partial charge in [-0.25, -0.2) is 0 Å². The lowest BCUT2D eigenvalue weighted by Gasteiger charge is -2.28. The molecule has 2 unspecified atom stereocenters. The van der Waals surface area contributed by atoms with Gasteiger partial charge in [-0.1, -0.05) is 146 Å². The molecule has 9 nitrogen and oxygen atoms in total. The van der Waals surface area contributed by atoms with Gasteiger partial charge < -0.3 is 27.9 Å². The van der Waals surface area contributed by atoms with Gasteiger partial charge in [0.15, 0.2) is 6.10 Å². The maximum absolute atomic E-state index is 12.6. The van der Waals surface area contributed by atoms with Crippen LogP contribution in [0.15, 0.2) is 48.6 Å². The molecule has 0 rings (SSSR count). The Labute approximate surface area is 324 Å². The summed E-state index contributed by atoms with van der Waals surface area (Å²) in [7, 11) is 1.13. The van der Waals surface area contributed by atoms with Gasteiger partial charge in [0, 0.05) is 12.8 Å². The molecular formula is C43H78NO8P. The number of unbranched alkanes of at least 4 members (excludes halogenated alkanes) is 15. The molecule has 0 N–H and O–H groups in total. The summed E-state index contributed by atoms with van der Waals surface area (Å²) in [6, 6.07) is 0. The SMILES string of the molecule is CCCCC/C=C\C/C=C\C/C=C\C/C=C\CCCC(=O)OC(COC(=O)CCCCCCCCCCCCCC)COP(=O)([O-])OCC[N+](C)(C)C. The first-order chi connectivity index (χ1) is 25.5. The Hall–Kier alpha value is -2.03. The van der Waals surface area contributed by atoms with Gasteiger partial charge in [-0.3, -0.25) is 14.2 Å². The number of carbonyl (C=O) groups excluding carboxylic acids is 2. The molecule has 0 saturated carbocycles. The molecule has 10 heteroatoms. The first-order valence-electron chi connectivity index (χ1n) is 20.8. The fourth-order valence-corrected chi connectivity index (χ4v) is 6.02. The average Bonchev–Trinajstić information content (AvgIpc) is 3.10. The molecule has 0 aliphatic rings. The van der Waals surface area contributed by atoms with Crippen molar-refractivity contribution >= 4 is 19.8 Å². The summed E-state index contributed by atoms with van der Waals surface area (Å²) < 4.78 is 33.7. The van der Waals surface area contributed by atoms with Crippen LogP contribution in [0.4, 0.5) is 0 Å². The molecule has 0 heterocycles. The van der Waals surface area contributed by atoms with E-state index in [1.165, 1.54) is 83.5 Å². The quantitative estimate of drug-likeness (QED) is 0.0202. The Balaban J connectivity index is 4.50. The number of ether oxygens (including phenoxy) is 2. The van der Waals surface area contributed by atoms with Crippen molar-refractivity contribution in [2.75, 3.05) is 47.5 Å². The van der Waals surface area contributed by atoms with Gasteiger partial charge in [-0.15, -0.1) is 0 Å². The number of phosphoric acid groups is 1. The zero-order valence-electron chi connectivity index (χ0n) is 34.4. The smallest absolute Gasteiger partial charge is 0.306 e. The molecule has 0 bridgehead atoms. The van der Waals surface area contributed by atoms with E-state index in [9.17, 15) is 19.0 Å². The number of hydrogen-bond donors (Lipinski definition) is 0. The van der Waals surface area contributed by atoms with Gasteiger partial charge in [-0.05, 0) is 51.4 Å². The van der Waals surface area contributed by atoms with Gasteiger partial charge in [-0.2, -0.15) is 0 Å². The van der Waals surface area contributed by atoms with Crippen molar-refractivity contribution in [1.82, 2.24) is 0 Å². The highest BCUT2D eigenvalue weighted by Gasteiger charge is 2.21. The number of phosphoric ester groups is 1. The van der Waals surface area contributed by atoms with Crippen LogP contribution < -0.4 is 4.89 Å². The number of quaternary nitrogens is 1. The summed E-state index contributed by atoms with van der Waals surface area (Å²) in [6.07, 6.45) is 40.0. The number of carbonyl (C=O) groups is 2. The van der Waals surface area contributed by atoms with E-state index in [2.05, 4.69) is 56.4 Å². The predicted molar refractivity (Wildman–Crippen MR) is 217 cm³/mol. The minimum Gasteiger partial charge on any atom is -0.756 e. The van der Waals surface area contributed by atoms with E-state index in [-0.39, 0.29) is 26.1 Å². The third-order valence-corrected chi connectivity index (χ3v) is 9.57. The Morgan fingerprint density at radius 1 is 0.585 bits per heavy atom. The van der Waals surface area contributed by atoms with E-state index in [0.717, 1.165) is 38.5 Å². The van der Waals surface area contributed by atoms with Crippen LogP contribution >= 0.6 is 7.82 Å². The Kier molecular flexibility index (Phi) is 34.3. The molecule has 0 amide bonds. The summed E-state index contributed by atoms with van der Waals surface area (Å²) in [5, 5.41) is 0. The normalized spacial score (nSPS) is 14.2. The van der Waals surface area contributed by atoms with Crippen LogP contribution in [0.2, 0.25) is 0 Å². The van der Waals surface area contributed by atoms with Crippen LogP contribution in [0.25, 0.3) is 0 Å². The highest BCUT2D eigenvalue weighted by molar-refractivity contribution is 7.45. The molecule has 0 aliphatic carbocycles. The fraction of sp³-hybridized carbons (Fsp3) is 0.767. The molecule has 308 valence electrons. The van der Waals surface area contributed by atoms with Gasteiger partial charge in [0.2, 0.25) is 0 Å². The summed E-state index contributed by atoms with van der Waals surface area (Å²) in [4.78, 5) is 37.4. The minimum atomic E-state index is -4.63. The monoisotopic (exact) mass is 768 g/mol. The molecule has 0 aromatic heterocycles. The first kappa shape index (κ1) is 51.0. The Morgan fingerprint density at radius 2 is 1.04 bits per heavy atom. The summed E-state index contributed by atoms with van der Waals surface area (Å²) >= 11 is 0. The van der Waals surface area contributed by atoms with Crippen LogP contribution in [0.1, 0.15) is 162 Å². The third kappa shape index (κ3) is 39.5. The molecule has 0 spiro atoms. The van der Waals surface area contributed by atoms with E-state index in [0.29, 0.717) is 23.9 Å². The van der Waals surface area contributed by atoms with Crippen molar-refractivity contribution in [2.45, 2.75) is 168 Å². The topological polar surface area (TPSA) is 111 Å². The lowest BCUT2D eigenvalue weighted by Crippen LogP contribution is -2.37. The van der Waals surface area contributed by atoms with E-state index in [1.54, 1.807) is 0 Å². The first-order valence-corrected chi connectivity index (χ1v) is 22.3. The van der Waals surface area contributed by atoms with Gasteiger partial charge in [0.05, 0.1) is 27.7 Å². The molecule has 0 aromatic carbocycles. The summed E-state index contributed by atoms with van der Waals surface area (Å²) in [5.41, 5.74) is 0.